The van der Waals surface area contributed by atoms with E-state index in [4.69, 9.17) is 4.89 Å². The molecule has 8 heteroatoms. The van der Waals surface area contributed by atoms with E-state index in [1.54, 1.807) is 0 Å². The maximum absolute atomic E-state index is 13.0. The number of rotatable bonds is 3. The molecule has 1 rings (SSSR count). The van der Waals surface area contributed by atoms with E-state index in [1.807, 2.05) is 0 Å². The van der Waals surface area contributed by atoms with Gasteiger partial charge in [-0.25, -0.2) is 23.7 Å². The van der Waals surface area contributed by atoms with Crippen molar-refractivity contribution < 1.29 is 27.3 Å². The molecule has 3 N–H and O–H groups in total. The van der Waals surface area contributed by atoms with Crippen LogP contribution in [0.5, 0.6) is 0 Å². The highest BCUT2D eigenvalue weighted by Gasteiger charge is 2.24. The first-order valence-electron chi connectivity index (χ1n) is 3.69. The van der Waals surface area contributed by atoms with Gasteiger partial charge in [-0.2, -0.15) is 0 Å². The molecule has 0 spiro atoms. The molecule has 1 atom stereocenters. The SMILES string of the molecule is NOP(=O)(O)Cc1c(F)cc(F)cc1F. The van der Waals surface area contributed by atoms with Crippen LogP contribution < -0.4 is 5.90 Å². The van der Waals surface area contributed by atoms with E-state index in [-0.39, 0.29) is 0 Å². The van der Waals surface area contributed by atoms with Crippen molar-refractivity contribution in [2.45, 2.75) is 6.16 Å². The van der Waals surface area contributed by atoms with Crippen molar-refractivity contribution in [3.8, 4) is 0 Å². The zero-order chi connectivity index (χ0) is 11.6. The second-order valence-corrected chi connectivity index (χ2v) is 4.55. The number of nitrogens with two attached hydrogens (primary N) is 1. The smallest absolute Gasteiger partial charge is 0.323 e. The van der Waals surface area contributed by atoms with Crippen molar-refractivity contribution in [3.63, 3.8) is 0 Å². The van der Waals surface area contributed by atoms with E-state index >= 15 is 0 Å². The Balaban J connectivity index is 3.11. The summed E-state index contributed by atoms with van der Waals surface area (Å²) in [7, 11) is -4.29. The molecule has 0 heterocycles. The van der Waals surface area contributed by atoms with Gasteiger partial charge in [0.1, 0.15) is 17.5 Å². The van der Waals surface area contributed by atoms with E-state index in [1.165, 1.54) is 0 Å². The second-order valence-electron chi connectivity index (χ2n) is 2.75. The number of hydrogen-bond donors (Lipinski definition) is 2. The average molecular weight is 241 g/mol. The first-order chi connectivity index (χ1) is 6.85. The van der Waals surface area contributed by atoms with Gasteiger partial charge in [0.05, 0.1) is 6.16 Å². The Morgan fingerprint density at radius 1 is 1.33 bits per heavy atom. The van der Waals surface area contributed by atoms with Crippen LogP contribution in [-0.2, 0) is 15.4 Å². The minimum atomic E-state index is -4.29. The summed E-state index contributed by atoms with van der Waals surface area (Å²) in [5, 5.41) is 0. The highest BCUT2D eigenvalue weighted by atomic mass is 31.2. The molecular formula is C7H7F3NO3P. The van der Waals surface area contributed by atoms with Gasteiger partial charge >= 0.3 is 7.60 Å². The van der Waals surface area contributed by atoms with Crippen molar-refractivity contribution in [2.75, 3.05) is 0 Å². The molecule has 0 fully saturated rings. The fraction of sp³-hybridized carbons (Fsp3) is 0.143. The fourth-order valence-electron chi connectivity index (χ4n) is 0.960. The van der Waals surface area contributed by atoms with Crippen LogP contribution in [-0.4, -0.2) is 4.89 Å². The maximum atomic E-state index is 13.0. The maximum Gasteiger partial charge on any atom is 0.348 e. The van der Waals surface area contributed by atoms with Gasteiger partial charge in [-0.15, -0.1) is 0 Å². The van der Waals surface area contributed by atoms with Crippen molar-refractivity contribution in [2.24, 2.45) is 5.90 Å². The van der Waals surface area contributed by atoms with Crippen LogP contribution in [0.4, 0.5) is 13.2 Å². The Morgan fingerprint density at radius 3 is 2.20 bits per heavy atom. The third-order valence-electron chi connectivity index (χ3n) is 1.63. The summed E-state index contributed by atoms with van der Waals surface area (Å²) in [5.74, 6) is 0.807. The molecule has 4 nitrogen and oxygen atoms in total. The molecule has 0 aliphatic carbocycles. The second kappa shape index (κ2) is 4.32. The monoisotopic (exact) mass is 241 g/mol. The molecule has 0 saturated heterocycles. The molecule has 1 aromatic rings. The van der Waals surface area contributed by atoms with Crippen LogP contribution in [0.15, 0.2) is 12.1 Å². The third-order valence-corrected chi connectivity index (χ3v) is 2.67. The van der Waals surface area contributed by atoms with Crippen LogP contribution in [0, 0.1) is 17.5 Å². The molecule has 1 aromatic carbocycles. The van der Waals surface area contributed by atoms with E-state index in [2.05, 4.69) is 10.5 Å². The Hall–Kier alpha value is -0.880. The fourth-order valence-corrected chi connectivity index (χ4v) is 1.74. The Labute approximate surface area is 83.0 Å². The van der Waals surface area contributed by atoms with Crippen LogP contribution in [0.1, 0.15) is 5.56 Å². The summed E-state index contributed by atoms with van der Waals surface area (Å²) in [6.07, 6.45) is -0.957. The van der Waals surface area contributed by atoms with E-state index in [0.717, 1.165) is 0 Å². The van der Waals surface area contributed by atoms with Crippen LogP contribution in [0.3, 0.4) is 0 Å². The zero-order valence-corrected chi connectivity index (χ0v) is 8.18. The zero-order valence-electron chi connectivity index (χ0n) is 7.28. The molecule has 1 unspecified atom stereocenters. The molecule has 0 aliphatic rings. The average Bonchev–Trinajstić information content (AvgIpc) is 2.11. The summed E-state index contributed by atoms with van der Waals surface area (Å²) in [6.45, 7) is 0. The third kappa shape index (κ3) is 3.04. The van der Waals surface area contributed by atoms with E-state index in [0.29, 0.717) is 12.1 Å². The highest BCUT2D eigenvalue weighted by molar-refractivity contribution is 7.51. The van der Waals surface area contributed by atoms with Gasteiger partial charge in [0, 0.05) is 17.7 Å². The summed E-state index contributed by atoms with van der Waals surface area (Å²) < 4.78 is 53.0. The predicted molar refractivity (Wildman–Crippen MR) is 45.1 cm³/mol. The molecule has 0 amide bonds. The van der Waals surface area contributed by atoms with Crippen molar-refractivity contribution >= 4 is 7.60 Å². The van der Waals surface area contributed by atoms with Gasteiger partial charge in [-0.3, -0.25) is 4.57 Å². The lowest BCUT2D eigenvalue weighted by molar-refractivity contribution is 0.266. The Morgan fingerprint density at radius 2 is 1.80 bits per heavy atom. The molecule has 0 radical (unpaired) electrons. The summed E-state index contributed by atoms with van der Waals surface area (Å²) in [4.78, 5) is 8.88. The van der Waals surface area contributed by atoms with Crippen molar-refractivity contribution in [1.29, 1.82) is 0 Å². The van der Waals surface area contributed by atoms with Gasteiger partial charge in [-0.1, -0.05) is 0 Å². The summed E-state index contributed by atoms with van der Waals surface area (Å²) in [6, 6.07) is 0.795. The van der Waals surface area contributed by atoms with Gasteiger partial charge in [0.25, 0.3) is 0 Å². The first kappa shape index (κ1) is 12.2. The van der Waals surface area contributed by atoms with Gasteiger partial charge in [0.15, 0.2) is 0 Å². The lowest BCUT2D eigenvalue weighted by atomic mass is 10.2. The first-order valence-corrected chi connectivity index (χ1v) is 5.46. The van der Waals surface area contributed by atoms with Crippen molar-refractivity contribution in [1.82, 2.24) is 0 Å². The quantitative estimate of drug-likeness (QED) is 0.623. The lowest BCUT2D eigenvalue weighted by Gasteiger charge is -2.09. The molecule has 0 saturated carbocycles. The van der Waals surface area contributed by atoms with E-state index in [9.17, 15) is 17.7 Å². The van der Waals surface area contributed by atoms with Crippen molar-refractivity contribution in [3.05, 3.63) is 35.1 Å². The number of benzene rings is 1. The molecule has 84 valence electrons. The molecule has 0 aromatic heterocycles. The van der Waals surface area contributed by atoms with Gasteiger partial charge in [0.2, 0.25) is 0 Å². The Kier molecular flexibility index (Phi) is 3.51. The number of hydrogen-bond acceptors (Lipinski definition) is 3. The summed E-state index contributed by atoms with van der Waals surface area (Å²) >= 11 is 0. The van der Waals surface area contributed by atoms with Crippen LogP contribution in [0.2, 0.25) is 0 Å². The minimum Gasteiger partial charge on any atom is -0.323 e. The normalized spacial score (nSPS) is 15.0. The molecule has 0 bridgehead atoms. The van der Waals surface area contributed by atoms with E-state index < -0.39 is 36.8 Å². The Bertz CT molecular complexity index is 403. The predicted octanol–water partition coefficient (Wildman–Crippen LogP) is 1.68. The standard InChI is InChI=1S/C7H7F3NO3P/c8-4-1-6(9)5(7(10)2-4)3-15(12,13)14-11/h1-2H,3,11H2,(H,12,13). The summed E-state index contributed by atoms with van der Waals surface area (Å²) in [5.41, 5.74) is -0.743. The molecular weight excluding hydrogens is 234 g/mol. The van der Waals surface area contributed by atoms with Crippen LogP contribution in [0.25, 0.3) is 0 Å². The topological polar surface area (TPSA) is 72.5 Å². The van der Waals surface area contributed by atoms with Crippen LogP contribution >= 0.6 is 7.60 Å². The molecule has 15 heavy (non-hydrogen) atoms. The van der Waals surface area contributed by atoms with Gasteiger partial charge in [-0.05, 0) is 0 Å². The minimum absolute atomic E-state index is 0.398. The molecule has 0 aliphatic heterocycles. The lowest BCUT2D eigenvalue weighted by Crippen LogP contribution is -2.03. The largest absolute Gasteiger partial charge is 0.348 e. The highest BCUT2D eigenvalue weighted by Crippen LogP contribution is 2.44. The van der Waals surface area contributed by atoms with Gasteiger partial charge < -0.3 is 4.89 Å². The number of halogens is 3.